The number of hydrogen-bond donors (Lipinski definition) is 1. The lowest BCUT2D eigenvalue weighted by atomic mass is 10.1. The molecule has 1 atom stereocenters. The van der Waals surface area contributed by atoms with Gasteiger partial charge in [0.1, 0.15) is 0 Å². The molecule has 1 aliphatic rings. The molecule has 18 heavy (non-hydrogen) atoms. The maximum Gasteiger partial charge on any atom is 0.0722 e. The maximum atomic E-state index is 6.04. The molecule has 1 fully saturated rings. The van der Waals surface area contributed by atoms with Crippen LogP contribution in [-0.4, -0.2) is 50.3 Å². The minimum absolute atomic E-state index is 0.353. The summed E-state index contributed by atoms with van der Waals surface area (Å²) in [5, 5.41) is 3.51. The summed E-state index contributed by atoms with van der Waals surface area (Å²) in [4.78, 5) is 2.51. The minimum atomic E-state index is 0.353. The highest BCUT2D eigenvalue weighted by molar-refractivity contribution is 4.69. The van der Waals surface area contributed by atoms with E-state index in [-0.39, 0.29) is 0 Å². The van der Waals surface area contributed by atoms with Crippen LogP contribution in [0.4, 0.5) is 0 Å². The highest BCUT2D eigenvalue weighted by Gasteiger charge is 2.15. The summed E-state index contributed by atoms with van der Waals surface area (Å²) in [5.41, 5.74) is 0. The Bertz CT molecular complexity index is 201. The van der Waals surface area contributed by atoms with E-state index in [0.717, 1.165) is 26.2 Å². The molecule has 0 bridgehead atoms. The molecule has 0 spiro atoms. The highest BCUT2D eigenvalue weighted by Crippen LogP contribution is 2.09. The van der Waals surface area contributed by atoms with Gasteiger partial charge in [0.25, 0.3) is 0 Å². The van der Waals surface area contributed by atoms with Crippen LogP contribution >= 0.6 is 0 Å². The molecule has 108 valence electrons. The Morgan fingerprint density at radius 1 is 1.06 bits per heavy atom. The fourth-order valence-corrected chi connectivity index (χ4v) is 2.34. The lowest BCUT2D eigenvalue weighted by Crippen LogP contribution is -2.36. The van der Waals surface area contributed by atoms with Crippen LogP contribution in [0.1, 0.15) is 40.5 Å². The predicted molar refractivity (Wildman–Crippen MR) is 78.0 cm³/mol. The number of nitrogens with zero attached hydrogens (tertiary/aromatic N) is 1. The van der Waals surface area contributed by atoms with Gasteiger partial charge in [0, 0.05) is 13.1 Å². The summed E-state index contributed by atoms with van der Waals surface area (Å²) in [6, 6.07) is 0. The monoisotopic (exact) mass is 256 g/mol. The third kappa shape index (κ3) is 6.72. The molecule has 0 saturated carbocycles. The second kappa shape index (κ2) is 8.89. The quantitative estimate of drug-likeness (QED) is 0.685. The molecule has 0 amide bonds. The van der Waals surface area contributed by atoms with Crippen LogP contribution in [0.3, 0.4) is 0 Å². The van der Waals surface area contributed by atoms with Crippen molar-refractivity contribution in [3.05, 3.63) is 0 Å². The fourth-order valence-electron chi connectivity index (χ4n) is 2.34. The summed E-state index contributed by atoms with van der Waals surface area (Å²) < 4.78 is 6.04. The van der Waals surface area contributed by atoms with Crippen molar-refractivity contribution in [3.63, 3.8) is 0 Å². The molecule has 3 heteroatoms. The van der Waals surface area contributed by atoms with Crippen LogP contribution in [0.5, 0.6) is 0 Å². The maximum absolute atomic E-state index is 6.04. The molecule has 1 saturated heterocycles. The third-order valence-corrected chi connectivity index (χ3v) is 3.58. The van der Waals surface area contributed by atoms with Gasteiger partial charge < -0.3 is 15.0 Å². The van der Waals surface area contributed by atoms with Crippen molar-refractivity contribution in [3.8, 4) is 0 Å². The Hall–Kier alpha value is -0.120. The smallest absolute Gasteiger partial charge is 0.0722 e. The van der Waals surface area contributed by atoms with E-state index < -0.39 is 0 Å². The number of rotatable bonds is 9. The average Bonchev–Trinajstić information content (AvgIpc) is 2.79. The van der Waals surface area contributed by atoms with Gasteiger partial charge in [-0.15, -0.1) is 0 Å². The van der Waals surface area contributed by atoms with Crippen molar-refractivity contribution in [1.82, 2.24) is 10.2 Å². The largest absolute Gasteiger partial charge is 0.375 e. The Kier molecular flexibility index (Phi) is 7.87. The third-order valence-electron chi connectivity index (χ3n) is 3.58. The van der Waals surface area contributed by atoms with Crippen molar-refractivity contribution >= 4 is 0 Å². The summed E-state index contributed by atoms with van der Waals surface area (Å²) in [7, 11) is 0. The van der Waals surface area contributed by atoms with E-state index in [9.17, 15) is 0 Å². The zero-order valence-corrected chi connectivity index (χ0v) is 12.7. The Morgan fingerprint density at radius 2 is 1.72 bits per heavy atom. The first-order chi connectivity index (χ1) is 8.59. The van der Waals surface area contributed by atoms with Crippen LogP contribution in [0, 0.1) is 11.8 Å². The first-order valence-corrected chi connectivity index (χ1v) is 7.64. The van der Waals surface area contributed by atoms with Crippen molar-refractivity contribution in [2.75, 3.05) is 39.3 Å². The van der Waals surface area contributed by atoms with Gasteiger partial charge in [-0.1, -0.05) is 27.7 Å². The van der Waals surface area contributed by atoms with Crippen molar-refractivity contribution in [2.24, 2.45) is 11.8 Å². The molecular weight excluding hydrogens is 224 g/mol. The number of nitrogens with one attached hydrogen (secondary N) is 1. The van der Waals surface area contributed by atoms with Gasteiger partial charge >= 0.3 is 0 Å². The average molecular weight is 256 g/mol. The fraction of sp³-hybridized carbons (Fsp3) is 1.00. The normalized spacial score (nSPS) is 19.0. The highest BCUT2D eigenvalue weighted by atomic mass is 16.5. The second-order valence-corrected chi connectivity index (χ2v) is 6.25. The van der Waals surface area contributed by atoms with E-state index in [1.807, 2.05) is 0 Å². The van der Waals surface area contributed by atoms with Gasteiger partial charge in [-0.05, 0) is 44.3 Å². The van der Waals surface area contributed by atoms with Crippen molar-refractivity contribution in [2.45, 2.75) is 46.6 Å². The Morgan fingerprint density at radius 3 is 2.28 bits per heavy atom. The molecule has 1 rings (SSSR count). The summed E-state index contributed by atoms with van der Waals surface area (Å²) in [6.07, 6.45) is 3.08. The zero-order valence-electron chi connectivity index (χ0n) is 12.7. The van der Waals surface area contributed by atoms with Crippen LogP contribution in [0.2, 0.25) is 0 Å². The molecule has 1 aliphatic heterocycles. The van der Waals surface area contributed by atoms with Crippen LogP contribution in [0.25, 0.3) is 0 Å². The van der Waals surface area contributed by atoms with Gasteiger partial charge in [0.05, 0.1) is 12.7 Å². The Labute approximate surface area is 113 Å². The lowest BCUT2D eigenvalue weighted by molar-refractivity contribution is 0.0134. The van der Waals surface area contributed by atoms with Crippen molar-refractivity contribution in [1.29, 1.82) is 0 Å². The van der Waals surface area contributed by atoms with E-state index in [1.165, 1.54) is 25.9 Å². The van der Waals surface area contributed by atoms with E-state index in [4.69, 9.17) is 4.74 Å². The molecule has 0 aromatic rings. The van der Waals surface area contributed by atoms with E-state index in [2.05, 4.69) is 37.9 Å². The molecular formula is C15H32N2O. The van der Waals surface area contributed by atoms with Gasteiger partial charge in [0.2, 0.25) is 0 Å². The van der Waals surface area contributed by atoms with Gasteiger partial charge in [0.15, 0.2) is 0 Å². The molecule has 0 aromatic carbocycles. The molecule has 0 aromatic heterocycles. The minimum Gasteiger partial charge on any atom is -0.375 e. The molecule has 3 nitrogen and oxygen atoms in total. The van der Waals surface area contributed by atoms with Gasteiger partial charge in [-0.2, -0.15) is 0 Å². The lowest BCUT2D eigenvalue weighted by Gasteiger charge is -2.24. The topological polar surface area (TPSA) is 24.5 Å². The summed E-state index contributed by atoms with van der Waals surface area (Å²) >= 11 is 0. The van der Waals surface area contributed by atoms with Gasteiger partial charge in [-0.25, -0.2) is 0 Å². The second-order valence-electron chi connectivity index (χ2n) is 6.25. The summed E-state index contributed by atoms with van der Waals surface area (Å²) in [5.74, 6) is 1.30. The van der Waals surface area contributed by atoms with Crippen LogP contribution in [-0.2, 0) is 4.74 Å². The standard InChI is InChI=1S/C15H32N2O/c1-13(2)11-16-12-15(14(3)4)18-10-9-17-7-5-6-8-17/h13-16H,5-12H2,1-4H3. The molecule has 0 aliphatic carbocycles. The molecule has 1 N–H and O–H groups in total. The molecule has 0 radical (unpaired) electrons. The summed E-state index contributed by atoms with van der Waals surface area (Å²) in [6.45, 7) is 15.6. The first-order valence-electron chi connectivity index (χ1n) is 7.64. The predicted octanol–water partition coefficient (Wildman–Crippen LogP) is 2.37. The van der Waals surface area contributed by atoms with Gasteiger partial charge in [-0.3, -0.25) is 0 Å². The first kappa shape index (κ1) is 15.9. The van der Waals surface area contributed by atoms with Crippen LogP contribution < -0.4 is 5.32 Å². The van der Waals surface area contributed by atoms with Crippen LogP contribution in [0.15, 0.2) is 0 Å². The Balaban J connectivity index is 2.12. The molecule has 1 heterocycles. The number of likely N-dealkylation sites (tertiary alicyclic amines) is 1. The zero-order chi connectivity index (χ0) is 13.4. The van der Waals surface area contributed by atoms with Crippen molar-refractivity contribution < 1.29 is 4.74 Å². The molecule has 1 unspecified atom stereocenters. The number of hydrogen-bond acceptors (Lipinski definition) is 3. The number of ether oxygens (including phenoxy) is 1. The van der Waals surface area contributed by atoms with E-state index in [1.54, 1.807) is 0 Å². The SMILES string of the molecule is CC(C)CNCC(OCCN1CCCC1)C(C)C. The van der Waals surface area contributed by atoms with E-state index >= 15 is 0 Å². The van der Waals surface area contributed by atoms with E-state index in [0.29, 0.717) is 17.9 Å².